The van der Waals surface area contributed by atoms with Gasteiger partial charge >= 0.3 is 6.09 Å². The molecule has 2 heterocycles. The van der Waals surface area contributed by atoms with E-state index in [9.17, 15) is 9.90 Å². The zero-order valence-corrected chi connectivity index (χ0v) is 18.0. The quantitative estimate of drug-likeness (QED) is 0.587. The summed E-state index contributed by atoms with van der Waals surface area (Å²) in [6, 6.07) is 4.95. The van der Waals surface area contributed by atoms with E-state index in [2.05, 4.69) is 45.4 Å². The Labute approximate surface area is 163 Å². The van der Waals surface area contributed by atoms with Crippen LogP contribution in [0.1, 0.15) is 39.0 Å². The average Bonchev–Trinajstić information content (AvgIpc) is 3.02. The van der Waals surface area contributed by atoms with Crippen LogP contribution in [0.5, 0.6) is 0 Å². The summed E-state index contributed by atoms with van der Waals surface area (Å²) in [5.74, 6) is 0. The monoisotopic (exact) mass is 392 g/mol. The molecule has 27 heavy (non-hydrogen) atoms. The molecule has 3 atom stereocenters. The molecule has 0 bridgehead atoms. The van der Waals surface area contributed by atoms with Crippen LogP contribution in [0.25, 0.3) is 0 Å². The van der Waals surface area contributed by atoms with Gasteiger partial charge in [0.05, 0.1) is 17.8 Å². The number of hydrogen-bond acceptors (Lipinski definition) is 5. The van der Waals surface area contributed by atoms with Gasteiger partial charge in [-0.3, -0.25) is 9.88 Å². The molecular formula is C20H32N2O4Si. The third kappa shape index (κ3) is 5.18. The highest BCUT2D eigenvalue weighted by Gasteiger charge is 2.46. The average molecular weight is 393 g/mol. The molecule has 1 aliphatic rings. The number of hydrogen-bond donors (Lipinski definition) is 1. The van der Waals surface area contributed by atoms with E-state index in [1.54, 1.807) is 23.2 Å². The minimum Gasteiger partial charge on any atom is -0.445 e. The van der Waals surface area contributed by atoms with Crippen molar-refractivity contribution in [1.29, 1.82) is 0 Å². The Morgan fingerprint density at radius 2 is 2.19 bits per heavy atom. The molecule has 0 spiro atoms. The molecule has 1 unspecified atom stereocenters. The molecule has 1 aromatic rings. The maximum Gasteiger partial charge on any atom is 0.410 e. The smallest absolute Gasteiger partial charge is 0.410 e. The van der Waals surface area contributed by atoms with Crippen molar-refractivity contribution in [3.63, 3.8) is 0 Å². The second-order valence-corrected chi connectivity index (χ2v) is 13.3. The topological polar surface area (TPSA) is 71.9 Å². The van der Waals surface area contributed by atoms with E-state index in [1.807, 2.05) is 6.07 Å². The second kappa shape index (κ2) is 8.54. The van der Waals surface area contributed by atoms with Crippen LogP contribution in [-0.4, -0.2) is 54.7 Å². The normalized spacial score (nSPS) is 21.8. The number of pyridine rings is 1. The van der Waals surface area contributed by atoms with Gasteiger partial charge in [0.1, 0.15) is 12.7 Å². The van der Waals surface area contributed by atoms with Crippen molar-refractivity contribution < 1.29 is 19.1 Å². The Morgan fingerprint density at radius 3 is 2.74 bits per heavy atom. The summed E-state index contributed by atoms with van der Waals surface area (Å²) in [4.78, 5) is 18.3. The van der Waals surface area contributed by atoms with Gasteiger partial charge in [-0.05, 0) is 36.7 Å². The summed E-state index contributed by atoms with van der Waals surface area (Å²) < 4.78 is 11.7. The van der Waals surface area contributed by atoms with Gasteiger partial charge in [-0.2, -0.15) is 0 Å². The van der Waals surface area contributed by atoms with Crippen molar-refractivity contribution in [1.82, 2.24) is 9.88 Å². The van der Waals surface area contributed by atoms with Crippen molar-refractivity contribution in [2.75, 3.05) is 13.2 Å². The molecular weight excluding hydrogens is 360 g/mol. The number of carbonyl (C=O) groups excluding carboxylic acids is 1. The molecule has 1 fully saturated rings. The van der Waals surface area contributed by atoms with Gasteiger partial charge in [0.25, 0.3) is 0 Å². The number of amides is 1. The number of aliphatic hydroxyl groups is 1. The Balaban J connectivity index is 2.20. The number of rotatable bonds is 6. The number of likely N-dealkylation sites (tertiary alicyclic amines) is 1. The van der Waals surface area contributed by atoms with Crippen molar-refractivity contribution in [3.05, 3.63) is 42.7 Å². The summed E-state index contributed by atoms with van der Waals surface area (Å²) in [5, 5.41) is 10.9. The number of aliphatic hydroxyl groups excluding tert-OH is 1. The van der Waals surface area contributed by atoms with E-state index in [0.29, 0.717) is 18.7 Å². The Morgan fingerprint density at radius 1 is 1.48 bits per heavy atom. The van der Waals surface area contributed by atoms with Crippen LogP contribution in [0.4, 0.5) is 4.79 Å². The Kier molecular flexibility index (Phi) is 6.83. The molecule has 0 aromatic carbocycles. The molecule has 1 aliphatic heterocycles. The van der Waals surface area contributed by atoms with E-state index in [1.165, 1.54) is 6.08 Å². The third-order valence-electron chi connectivity index (χ3n) is 5.49. The molecule has 150 valence electrons. The second-order valence-electron chi connectivity index (χ2n) is 8.52. The fourth-order valence-electron chi connectivity index (χ4n) is 2.98. The molecule has 2 rings (SSSR count). The van der Waals surface area contributed by atoms with E-state index < -0.39 is 26.6 Å². The van der Waals surface area contributed by atoms with Gasteiger partial charge < -0.3 is 14.3 Å². The first-order valence-corrected chi connectivity index (χ1v) is 12.3. The van der Waals surface area contributed by atoms with Gasteiger partial charge in [0.15, 0.2) is 8.32 Å². The molecule has 7 heteroatoms. The van der Waals surface area contributed by atoms with Crippen LogP contribution >= 0.6 is 0 Å². The lowest BCUT2D eigenvalue weighted by atomic mass is 10.0. The first-order chi connectivity index (χ1) is 12.6. The summed E-state index contributed by atoms with van der Waals surface area (Å²) in [6.45, 7) is 15.0. The zero-order valence-electron chi connectivity index (χ0n) is 17.0. The number of carbonyl (C=O) groups is 1. The van der Waals surface area contributed by atoms with Crippen LogP contribution in [-0.2, 0) is 9.16 Å². The fraction of sp³-hybridized carbons (Fsp3) is 0.600. The van der Waals surface area contributed by atoms with Crippen molar-refractivity contribution in [2.24, 2.45) is 0 Å². The van der Waals surface area contributed by atoms with Crippen LogP contribution in [0.15, 0.2) is 37.1 Å². The molecule has 1 N–H and O–H groups in total. The van der Waals surface area contributed by atoms with Gasteiger partial charge in [0.2, 0.25) is 0 Å². The first kappa shape index (κ1) is 21.6. The zero-order chi connectivity index (χ0) is 20.2. The standard InChI is InChI=1S/C20H32N2O4Si/c1-7-12-25-19(24)22-14-15(26-27(5,6)20(2,3)4)13-17(22)18(23)16-10-8-9-11-21-16/h7-11,15,17-18,23H,1,12-14H2,2-6H3/t15-,17+,18?/m1/s1. The highest BCUT2D eigenvalue weighted by molar-refractivity contribution is 6.74. The van der Waals surface area contributed by atoms with Crippen LogP contribution in [0.3, 0.4) is 0 Å². The largest absolute Gasteiger partial charge is 0.445 e. The van der Waals surface area contributed by atoms with Gasteiger partial charge in [0, 0.05) is 12.7 Å². The molecule has 0 radical (unpaired) electrons. The summed E-state index contributed by atoms with van der Waals surface area (Å²) >= 11 is 0. The van der Waals surface area contributed by atoms with Crippen molar-refractivity contribution >= 4 is 14.4 Å². The third-order valence-corrected chi connectivity index (χ3v) is 10.0. The lowest BCUT2D eigenvalue weighted by molar-refractivity contribution is 0.0531. The van der Waals surface area contributed by atoms with Crippen molar-refractivity contribution in [2.45, 2.75) is 63.6 Å². The van der Waals surface area contributed by atoms with E-state index in [-0.39, 0.29) is 17.7 Å². The van der Waals surface area contributed by atoms with Gasteiger partial charge in [-0.25, -0.2) is 4.79 Å². The van der Waals surface area contributed by atoms with Crippen LogP contribution < -0.4 is 0 Å². The SMILES string of the molecule is C=CCOC(=O)N1C[C@H](O[Si](C)(C)C(C)(C)C)C[C@H]1C(O)c1ccccn1. The van der Waals surface area contributed by atoms with Gasteiger partial charge in [-0.15, -0.1) is 0 Å². The first-order valence-electron chi connectivity index (χ1n) is 9.38. The lowest BCUT2D eigenvalue weighted by Gasteiger charge is -2.38. The maximum atomic E-state index is 12.5. The number of nitrogens with zero attached hydrogens (tertiary/aromatic N) is 2. The molecule has 1 saturated heterocycles. The summed E-state index contributed by atoms with van der Waals surface area (Å²) in [5.41, 5.74) is 0.539. The summed E-state index contributed by atoms with van der Waals surface area (Å²) in [7, 11) is -2.00. The highest BCUT2D eigenvalue weighted by atomic mass is 28.4. The van der Waals surface area contributed by atoms with Crippen LogP contribution in [0, 0.1) is 0 Å². The van der Waals surface area contributed by atoms with E-state index >= 15 is 0 Å². The molecule has 1 aromatic heterocycles. The minimum absolute atomic E-state index is 0.0683. The number of ether oxygens (including phenoxy) is 1. The molecule has 0 saturated carbocycles. The number of aromatic nitrogens is 1. The molecule has 1 amide bonds. The van der Waals surface area contributed by atoms with Crippen LogP contribution in [0.2, 0.25) is 18.1 Å². The maximum absolute atomic E-state index is 12.5. The Hall–Kier alpha value is -1.70. The van der Waals surface area contributed by atoms with E-state index in [4.69, 9.17) is 9.16 Å². The fourth-order valence-corrected chi connectivity index (χ4v) is 4.33. The predicted octanol–water partition coefficient (Wildman–Crippen LogP) is 3.90. The summed E-state index contributed by atoms with van der Waals surface area (Å²) in [6.07, 6.45) is 2.23. The molecule has 0 aliphatic carbocycles. The Bertz CT molecular complexity index is 645. The van der Waals surface area contributed by atoms with Crippen molar-refractivity contribution in [3.8, 4) is 0 Å². The van der Waals surface area contributed by atoms with Gasteiger partial charge in [-0.1, -0.05) is 39.5 Å². The minimum atomic E-state index is -2.00. The van der Waals surface area contributed by atoms with E-state index in [0.717, 1.165) is 0 Å². The molecule has 6 nitrogen and oxygen atoms in total. The predicted molar refractivity (Wildman–Crippen MR) is 108 cm³/mol. The lowest BCUT2D eigenvalue weighted by Crippen LogP contribution is -2.45. The highest BCUT2D eigenvalue weighted by Crippen LogP contribution is 2.40.